The molecule has 0 atom stereocenters. The number of nitrogens with zero attached hydrogens (tertiary/aromatic N) is 4. The molecule has 0 saturated heterocycles. The van der Waals surface area contributed by atoms with Crippen molar-refractivity contribution >= 4 is 50.7 Å². The normalized spacial score (nSPS) is 16.8. The van der Waals surface area contributed by atoms with Crippen LogP contribution in [0, 0.1) is 19.3 Å². The number of benzene rings is 2. The fourth-order valence-corrected chi connectivity index (χ4v) is 4.80. The molecule has 0 aliphatic carbocycles. The lowest BCUT2D eigenvalue weighted by atomic mass is 10.1. The first kappa shape index (κ1) is 22.2. The van der Waals surface area contributed by atoms with Crippen LogP contribution in [-0.2, 0) is 11.3 Å². The van der Waals surface area contributed by atoms with Gasteiger partial charge in [-0.1, -0.05) is 31.2 Å². The minimum Gasteiger partial charge on any atom is -0.492 e. The van der Waals surface area contributed by atoms with Gasteiger partial charge in [0.25, 0.3) is 5.91 Å². The van der Waals surface area contributed by atoms with E-state index in [2.05, 4.69) is 40.6 Å². The van der Waals surface area contributed by atoms with Gasteiger partial charge >= 0.3 is 0 Å². The zero-order valence-corrected chi connectivity index (χ0v) is 20.1. The van der Waals surface area contributed by atoms with Crippen LogP contribution in [0.3, 0.4) is 0 Å². The molecule has 172 valence electrons. The van der Waals surface area contributed by atoms with Gasteiger partial charge in [0.15, 0.2) is 5.84 Å². The van der Waals surface area contributed by atoms with Crippen LogP contribution in [0.15, 0.2) is 64.3 Å². The topological polar surface area (TPSA) is 83.0 Å². The van der Waals surface area contributed by atoms with Crippen molar-refractivity contribution in [1.29, 1.82) is 5.41 Å². The summed E-state index contributed by atoms with van der Waals surface area (Å²) in [6, 6.07) is 14.1. The number of rotatable bonds is 6. The molecular weight excluding hydrogens is 446 g/mol. The van der Waals surface area contributed by atoms with E-state index in [0.717, 1.165) is 33.7 Å². The smallest absolute Gasteiger partial charge is 0.283 e. The van der Waals surface area contributed by atoms with Gasteiger partial charge in [-0.2, -0.15) is 15.1 Å². The molecule has 5 rings (SSSR count). The fraction of sp³-hybridized carbons (Fsp3) is 0.231. The average molecular weight is 472 g/mol. The minimum atomic E-state index is -0.411. The Bertz CT molecular complexity index is 1420. The van der Waals surface area contributed by atoms with E-state index in [4.69, 9.17) is 10.1 Å². The molecule has 3 heterocycles. The highest BCUT2D eigenvalue weighted by Crippen LogP contribution is 2.31. The second kappa shape index (κ2) is 8.95. The van der Waals surface area contributed by atoms with Crippen molar-refractivity contribution in [2.45, 2.75) is 33.7 Å². The van der Waals surface area contributed by atoms with Crippen LogP contribution in [0.25, 0.3) is 17.0 Å². The molecule has 0 saturated carbocycles. The molecule has 3 aromatic rings. The third-order valence-electron chi connectivity index (χ3n) is 6.00. The number of hydrazone groups is 1. The van der Waals surface area contributed by atoms with Crippen LogP contribution >= 0.6 is 11.8 Å². The molecule has 1 amide bonds. The Labute approximate surface area is 202 Å². The standard InChI is InChI=1S/C26H25N5O2S/c1-4-23-29-31-24(27)21(25(32)28-26(31)34-23)14-18-15-30(22-8-6-5-7-20(18)22)11-12-33-19-10-9-16(2)17(3)13-19/h5-10,13-15,27H,4,11-12H2,1-3H3/b21-14-,27-24?. The molecule has 0 radical (unpaired) electrons. The van der Waals surface area contributed by atoms with E-state index in [1.54, 1.807) is 6.08 Å². The number of aryl methyl sites for hydroxylation is 2. The van der Waals surface area contributed by atoms with Crippen LogP contribution in [-0.4, -0.2) is 38.1 Å². The average Bonchev–Trinajstić information content (AvgIpc) is 3.40. The van der Waals surface area contributed by atoms with Crippen LogP contribution < -0.4 is 4.74 Å². The Morgan fingerprint density at radius 3 is 2.76 bits per heavy atom. The van der Waals surface area contributed by atoms with Crippen molar-refractivity contribution in [2.75, 3.05) is 6.61 Å². The molecule has 0 unspecified atom stereocenters. The fourth-order valence-electron chi connectivity index (χ4n) is 3.97. The summed E-state index contributed by atoms with van der Waals surface area (Å²) in [6.45, 7) is 7.32. The Hall–Kier alpha value is -3.65. The lowest BCUT2D eigenvalue weighted by molar-refractivity contribution is -0.114. The molecule has 1 aromatic heterocycles. The van der Waals surface area contributed by atoms with Crippen LogP contribution in [0.4, 0.5) is 0 Å². The van der Waals surface area contributed by atoms with Gasteiger partial charge in [-0.15, -0.1) is 0 Å². The van der Waals surface area contributed by atoms with Crippen molar-refractivity contribution in [1.82, 2.24) is 9.58 Å². The summed E-state index contributed by atoms with van der Waals surface area (Å²) in [5.41, 5.74) is 4.58. The van der Waals surface area contributed by atoms with Crippen LogP contribution in [0.1, 0.15) is 30.0 Å². The summed E-state index contributed by atoms with van der Waals surface area (Å²) in [6.07, 6.45) is 4.48. The van der Waals surface area contributed by atoms with E-state index >= 15 is 0 Å². The monoisotopic (exact) mass is 471 g/mol. The molecule has 34 heavy (non-hydrogen) atoms. The number of aliphatic imine (C=N–C) groups is 1. The van der Waals surface area contributed by atoms with Gasteiger partial charge < -0.3 is 9.30 Å². The van der Waals surface area contributed by atoms with Gasteiger partial charge in [-0.25, -0.2) is 0 Å². The Morgan fingerprint density at radius 1 is 1.15 bits per heavy atom. The molecular formula is C26H25N5O2S. The van der Waals surface area contributed by atoms with Crippen molar-refractivity contribution in [2.24, 2.45) is 10.1 Å². The Kier molecular flexibility index (Phi) is 5.83. The molecule has 8 heteroatoms. The van der Waals surface area contributed by atoms with Crippen LogP contribution in [0.5, 0.6) is 5.75 Å². The number of hydrogen-bond donors (Lipinski definition) is 1. The van der Waals surface area contributed by atoms with E-state index in [9.17, 15) is 4.79 Å². The van der Waals surface area contributed by atoms with Gasteiger partial charge in [0.1, 0.15) is 17.4 Å². The van der Waals surface area contributed by atoms with Crippen LogP contribution in [0.2, 0.25) is 0 Å². The first-order valence-corrected chi connectivity index (χ1v) is 12.0. The number of aromatic nitrogens is 1. The molecule has 0 bridgehead atoms. The van der Waals surface area contributed by atoms with Crippen molar-refractivity contribution in [3.8, 4) is 5.75 Å². The Balaban J connectivity index is 1.42. The summed E-state index contributed by atoms with van der Waals surface area (Å²) in [5.74, 6) is 0.499. The van der Waals surface area contributed by atoms with Gasteiger partial charge in [-0.05, 0) is 67.4 Å². The summed E-state index contributed by atoms with van der Waals surface area (Å²) in [7, 11) is 0. The van der Waals surface area contributed by atoms with Gasteiger partial charge in [-0.3, -0.25) is 10.2 Å². The zero-order valence-electron chi connectivity index (χ0n) is 19.3. The third kappa shape index (κ3) is 4.05. The van der Waals surface area contributed by atoms with E-state index < -0.39 is 5.91 Å². The van der Waals surface area contributed by atoms with E-state index in [0.29, 0.717) is 18.3 Å². The number of nitrogens with one attached hydrogen (secondary N) is 1. The summed E-state index contributed by atoms with van der Waals surface area (Å²) < 4.78 is 8.11. The van der Waals surface area contributed by atoms with Crippen molar-refractivity contribution < 1.29 is 9.53 Å². The zero-order chi connectivity index (χ0) is 23.8. The predicted octanol–water partition coefficient (Wildman–Crippen LogP) is 5.37. The highest BCUT2D eigenvalue weighted by Gasteiger charge is 2.35. The molecule has 1 N–H and O–H groups in total. The maximum absolute atomic E-state index is 12.8. The molecule has 2 aliphatic heterocycles. The second-order valence-electron chi connectivity index (χ2n) is 8.26. The first-order chi connectivity index (χ1) is 16.4. The minimum absolute atomic E-state index is 0.0563. The molecule has 0 spiro atoms. The Morgan fingerprint density at radius 2 is 1.97 bits per heavy atom. The van der Waals surface area contributed by atoms with Crippen molar-refractivity contribution in [3.63, 3.8) is 0 Å². The molecule has 0 fully saturated rings. The number of ether oxygens (including phenoxy) is 1. The maximum atomic E-state index is 12.8. The largest absolute Gasteiger partial charge is 0.492 e. The van der Waals surface area contributed by atoms with E-state index in [1.807, 2.05) is 43.5 Å². The van der Waals surface area contributed by atoms with Gasteiger partial charge in [0, 0.05) is 22.7 Å². The van der Waals surface area contributed by atoms with E-state index in [1.165, 1.54) is 27.9 Å². The molecule has 2 aliphatic rings. The number of amides is 1. The number of para-hydroxylation sites is 1. The van der Waals surface area contributed by atoms with E-state index in [-0.39, 0.29) is 11.4 Å². The number of amidine groups is 2. The SMILES string of the molecule is CCC1=NN2C(=N)/C(=C/c3cn(CCOc4ccc(C)c(C)c4)c4ccccc34)C(=O)N=C2S1. The number of thioether (sulfide) groups is 1. The number of carbonyl (C=O) groups excluding carboxylic acids is 1. The van der Waals surface area contributed by atoms with Gasteiger partial charge in [0.2, 0.25) is 5.17 Å². The third-order valence-corrected chi connectivity index (χ3v) is 7.05. The quantitative estimate of drug-likeness (QED) is 0.490. The van der Waals surface area contributed by atoms with Crippen molar-refractivity contribution in [3.05, 3.63) is 70.9 Å². The number of carbonyl (C=O) groups is 1. The second-order valence-corrected chi connectivity index (χ2v) is 9.30. The number of fused-ring (bicyclic) bond motifs is 2. The summed E-state index contributed by atoms with van der Waals surface area (Å²) in [4.78, 5) is 16.9. The number of hydrogen-bond acceptors (Lipinski definition) is 5. The molecule has 2 aromatic carbocycles. The maximum Gasteiger partial charge on any atom is 0.283 e. The first-order valence-electron chi connectivity index (χ1n) is 11.2. The summed E-state index contributed by atoms with van der Waals surface area (Å²) >= 11 is 1.34. The molecule has 7 nitrogen and oxygen atoms in total. The highest BCUT2D eigenvalue weighted by molar-refractivity contribution is 8.26. The lowest BCUT2D eigenvalue weighted by Crippen LogP contribution is -2.35. The van der Waals surface area contributed by atoms with Gasteiger partial charge in [0.05, 0.1) is 12.1 Å². The summed E-state index contributed by atoms with van der Waals surface area (Å²) in [5, 5.41) is 16.8. The lowest BCUT2D eigenvalue weighted by Gasteiger charge is -2.20. The highest BCUT2D eigenvalue weighted by atomic mass is 32.2. The predicted molar refractivity (Wildman–Crippen MR) is 139 cm³/mol.